The van der Waals surface area contributed by atoms with E-state index in [1.54, 1.807) is 0 Å². The van der Waals surface area contributed by atoms with Gasteiger partial charge in [0.25, 0.3) is 0 Å². The molecule has 0 aromatic heterocycles. The first-order valence-corrected chi connectivity index (χ1v) is 3.80. The highest BCUT2D eigenvalue weighted by molar-refractivity contribution is 5.85. The molecule has 0 spiro atoms. The van der Waals surface area contributed by atoms with E-state index in [4.69, 9.17) is 6.42 Å². The van der Waals surface area contributed by atoms with Gasteiger partial charge in [-0.2, -0.15) is 0 Å². The molecule has 0 atom stereocenters. The van der Waals surface area contributed by atoms with Gasteiger partial charge in [0.15, 0.2) is 0 Å². The molecule has 0 unspecified atom stereocenters. The van der Waals surface area contributed by atoms with Gasteiger partial charge in [-0.15, -0.1) is 31.2 Å². The van der Waals surface area contributed by atoms with Crippen LogP contribution in [-0.4, -0.2) is 37.6 Å². The van der Waals surface area contributed by atoms with E-state index in [1.807, 2.05) is 0 Å². The fourth-order valence-corrected chi connectivity index (χ4v) is 1.19. The van der Waals surface area contributed by atoms with Crippen molar-refractivity contribution in [2.24, 2.45) is 0 Å². The van der Waals surface area contributed by atoms with Gasteiger partial charge >= 0.3 is 0 Å². The lowest BCUT2D eigenvalue weighted by atomic mass is 10.4. The number of rotatable bonds is 1. The molecule has 1 aliphatic rings. The molecule has 0 bridgehead atoms. The van der Waals surface area contributed by atoms with E-state index in [0.717, 1.165) is 32.7 Å². The number of nitrogens with one attached hydrogen (secondary N) is 1. The van der Waals surface area contributed by atoms with Crippen LogP contribution in [0.15, 0.2) is 0 Å². The van der Waals surface area contributed by atoms with Gasteiger partial charge in [0.1, 0.15) is 0 Å². The SMILES string of the molecule is C#CCN1CCCNCC1.Cl.Cl. The highest BCUT2D eigenvalue weighted by atomic mass is 35.5. The number of hydrogen-bond acceptors (Lipinski definition) is 2. The van der Waals surface area contributed by atoms with Crippen LogP contribution >= 0.6 is 24.8 Å². The molecule has 1 N–H and O–H groups in total. The van der Waals surface area contributed by atoms with Crippen LogP contribution in [0.4, 0.5) is 0 Å². The van der Waals surface area contributed by atoms with Crippen LogP contribution < -0.4 is 5.32 Å². The molecule has 1 rings (SSSR count). The Morgan fingerprint density at radius 1 is 1.25 bits per heavy atom. The van der Waals surface area contributed by atoms with Crippen molar-refractivity contribution in [3.05, 3.63) is 0 Å². The molecule has 0 amide bonds. The van der Waals surface area contributed by atoms with Gasteiger partial charge in [0, 0.05) is 19.6 Å². The zero-order chi connectivity index (χ0) is 7.23. The first-order chi connectivity index (χ1) is 4.93. The zero-order valence-electron chi connectivity index (χ0n) is 7.08. The molecule has 0 saturated carbocycles. The second-order valence-corrected chi connectivity index (χ2v) is 2.58. The Morgan fingerprint density at radius 3 is 2.67 bits per heavy atom. The summed E-state index contributed by atoms with van der Waals surface area (Å²) in [5.74, 6) is 2.66. The van der Waals surface area contributed by atoms with Gasteiger partial charge < -0.3 is 5.32 Å². The average molecular weight is 211 g/mol. The standard InChI is InChI=1S/C8H14N2.2ClH/c1-2-6-10-7-3-4-9-5-8-10;;/h1,9H,3-8H2;2*1H. The second kappa shape index (κ2) is 9.15. The normalized spacial score (nSPS) is 17.9. The van der Waals surface area contributed by atoms with E-state index < -0.39 is 0 Å². The topological polar surface area (TPSA) is 15.3 Å². The third kappa shape index (κ3) is 5.68. The molecular formula is C8H16Cl2N2. The molecule has 0 aromatic rings. The summed E-state index contributed by atoms with van der Waals surface area (Å²) < 4.78 is 0. The van der Waals surface area contributed by atoms with Gasteiger partial charge in [-0.3, -0.25) is 4.90 Å². The summed E-state index contributed by atoms with van der Waals surface area (Å²) in [5.41, 5.74) is 0. The lowest BCUT2D eigenvalue weighted by Gasteiger charge is -2.14. The van der Waals surface area contributed by atoms with E-state index in [1.165, 1.54) is 6.42 Å². The molecule has 1 aliphatic heterocycles. The Balaban J connectivity index is 0. The third-order valence-corrected chi connectivity index (χ3v) is 1.75. The molecular weight excluding hydrogens is 195 g/mol. The summed E-state index contributed by atoms with van der Waals surface area (Å²) in [6, 6.07) is 0. The average Bonchev–Trinajstić information content (AvgIpc) is 2.17. The Labute approximate surface area is 86.9 Å². The van der Waals surface area contributed by atoms with Crippen molar-refractivity contribution < 1.29 is 0 Å². The summed E-state index contributed by atoms with van der Waals surface area (Å²) in [7, 11) is 0. The van der Waals surface area contributed by atoms with Crippen molar-refractivity contribution in [3.63, 3.8) is 0 Å². The molecule has 0 radical (unpaired) electrons. The largest absolute Gasteiger partial charge is 0.315 e. The lowest BCUT2D eigenvalue weighted by molar-refractivity contribution is 0.329. The Kier molecular flexibility index (Phi) is 11.1. The Bertz CT molecular complexity index is 126. The maximum Gasteiger partial charge on any atom is 0.0599 e. The van der Waals surface area contributed by atoms with Crippen molar-refractivity contribution in [3.8, 4) is 12.3 Å². The van der Waals surface area contributed by atoms with Gasteiger partial charge in [-0.05, 0) is 13.0 Å². The first kappa shape index (κ1) is 14.6. The van der Waals surface area contributed by atoms with Gasteiger partial charge in [-0.1, -0.05) is 5.92 Å². The summed E-state index contributed by atoms with van der Waals surface area (Å²) in [5, 5.41) is 3.33. The molecule has 2 nitrogen and oxygen atoms in total. The van der Waals surface area contributed by atoms with Crippen LogP contribution in [0.5, 0.6) is 0 Å². The fraction of sp³-hybridized carbons (Fsp3) is 0.750. The van der Waals surface area contributed by atoms with Crippen LogP contribution in [0.2, 0.25) is 0 Å². The van der Waals surface area contributed by atoms with Crippen LogP contribution in [0.1, 0.15) is 6.42 Å². The molecule has 0 aliphatic carbocycles. The van der Waals surface area contributed by atoms with Gasteiger partial charge in [0.2, 0.25) is 0 Å². The van der Waals surface area contributed by atoms with Crippen molar-refractivity contribution in [1.82, 2.24) is 10.2 Å². The Morgan fingerprint density at radius 2 is 2.00 bits per heavy atom. The maximum atomic E-state index is 5.20. The molecule has 4 heteroatoms. The zero-order valence-corrected chi connectivity index (χ0v) is 8.72. The number of terminal acetylenes is 1. The number of hydrogen-bond donors (Lipinski definition) is 1. The van der Waals surface area contributed by atoms with Crippen molar-refractivity contribution in [2.75, 3.05) is 32.7 Å². The first-order valence-electron chi connectivity index (χ1n) is 3.80. The van der Waals surface area contributed by atoms with E-state index in [2.05, 4.69) is 16.1 Å². The van der Waals surface area contributed by atoms with E-state index in [-0.39, 0.29) is 24.8 Å². The lowest BCUT2D eigenvalue weighted by Crippen LogP contribution is -2.28. The predicted molar refractivity (Wildman–Crippen MR) is 57.3 cm³/mol. The summed E-state index contributed by atoms with van der Waals surface area (Å²) >= 11 is 0. The summed E-state index contributed by atoms with van der Waals surface area (Å²) in [6.07, 6.45) is 6.42. The van der Waals surface area contributed by atoms with Crippen LogP contribution in [0.25, 0.3) is 0 Å². The fourth-order valence-electron chi connectivity index (χ4n) is 1.19. The summed E-state index contributed by atoms with van der Waals surface area (Å²) in [4.78, 5) is 2.31. The van der Waals surface area contributed by atoms with Crippen molar-refractivity contribution >= 4 is 24.8 Å². The van der Waals surface area contributed by atoms with E-state index in [0.29, 0.717) is 0 Å². The highest BCUT2D eigenvalue weighted by Gasteiger charge is 2.05. The molecule has 1 fully saturated rings. The minimum Gasteiger partial charge on any atom is -0.315 e. The quantitative estimate of drug-likeness (QED) is 0.644. The van der Waals surface area contributed by atoms with Gasteiger partial charge in [-0.25, -0.2) is 0 Å². The van der Waals surface area contributed by atoms with Crippen LogP contribution in [-0.2, 0) is 0 Å². The maximum absolute atomic E-state index is 5.20. The minimum absolute atomic E-state index is 0. The van der Waals surface area contributed by atoms with Crippen LogP contribution in [0.3, 0.4) is 0 Å². The van der Waals surface area contributed by atoms with Crippen LogP contribution in [0, 0.1) is 12.3 Å². The van der Waals surface area contributed by atoms with Gasteiger partial charge in [0.05, 0.1) is 6.54 Å². The molecule has 1 heterocycles. The molecule has 1 saturated heterocycles. The predicted octanol–water partition coefficient (Wildman–Crippen LogP) is 0.758. The molecule has 72 valence electrons. The number of nitrogens with zero attached hydrogens (tertiary/aromatic N) is 1. The molecule has 12 heavy (non-hydrogen) atoms. The summed E-state index contributed by atoms with van der Waals surface area (Å²) in [6.45, 7) is 5.28. The van der Waals surface area contributed by atoms with E-state index in [9.17, 15) is 0 Å². The third-order valence-electron chi connectivity index (χ3n) is 1.75. The Hall–Kier alpha value is 0.0600. The van der Waals surface area contributed by atoms with E-state index >= 15 is 0 Å². The van der Waals surface area contributed by atoms with Crippen molar-refractivity contribution in [2.45, 2.75) is 6.42 Å². The second-order valence-electron chi connectivity index (χ2n) is 2.58. The smallest absolute Gasteiger partial charge is 0.0599 e. The highest BCUT2D eigenvalue weighted by Crippen LogP contribution is 1.92. The minimum atomic E-state index is 0. The van der Waals surface area contributed by atoms with Crippen molar-refractivity contribution in [1.29, 1.82) is 0 Å². The number of halogens is 2. The monoisotopic (exact) mass is 210 g/mol. The molecule has 0 aromatic carbocycles.